The quantitative estimate of drug-likeness (QED) is 0.475. The molecule has 34 heavy (non-hydrogen) atoms. The average molecular weight is 481 g/mol. The molecular formula is C27H32N2O4S. The minimum Gasteiger partial charge on any atom is -0.308 e. The zero-order valence-electron chi connectivity index (χ0n) is 20.0. The van der Waals surface area contributed by atoms with Gasteiger partial charge in [0.05, 0.1) is 11.3 Å². The lowest BCUT2D eigenvalue weighted by Gasteiger charge is -2.44. The molecule has 0 N–H and O–H groups in total. The van der Waals surface area contributed by atoms with Gasteiger partial charge in [-0.3, -0.25) is 9.59 Å². The second-order valence-electron chi connectivity index (χ2n) is 10.3. The monoisotopic (exact) mass is 480 g/mol. The van der Waals surface area contributed by atoms with Crippen molar-refractivity contribution < 1.29 is 18.0 Å². The van der Waals surface area contributed by atoms with Gasteiger partial charge in [-0.2, -0.15) is 0 Å². The Kier molecular flexibility index (Phi) is 5.89. The molecule has 6 nitrogen and oxygen atoms in total. The molecule has 0 bridgehead atoms. The smallest absolute Gasteiger partial charge is 0.239 e. The van der Waals surface area contributed by atoms with Crippen LogP contribution < -0.4 is 0 Å². The molecule has 0 aliphatic heterocycles. The molecule has 4 atom stereocenters. The Morgan fingerprint density at radius 2 is 1.79 bits per heavy atom. The first-order chi connectivity index (χ1) is 16.2. The van der Waals surface area contributed by atoms with Crippen molar-refractivity contribution in [1.29, 1.82) is 0 Å². The highest BCUT2D eigenvalue weighted by atomic mass is 32.2. The molecule has 180 valence electrons. The number of Topliss-reactive ketones (excluding diaryl/α,β-unsaturated/α-hetero) is 2. The van der Waals surface area contributed by atoms with E-state index in [1.54, 1.807) is 6.20 Å². The van der Waals surface area contributed by atoms with E-state index in [-0.39, 0.29) is 28.9 Å². The second kappa shape index (κ2) is 8.61. The molecule has 4 unspecified atom stereocenters. The van der Waals surface area contributed by atoms with Crippen molar-refractivity contribution >= 4 is 21.6 Å². The molecule has 2 aromatic rings. The number of benzene rings is 1. The molecule has 7 heteroatoms. The third-order valence-electron chi connectivity index (χ3n) is 7.92. The molecule has 1 fully saturated rings. The van der Waals surface area contributed by atoms with Crippen LogP contribution in [0.25, 0.3) is 11.1 Å². The highest BCUT2D eigenvalue weighted by Crippen LogP contribution is 2.53. The van der Waals surface area contributed by atoms with Gasteiger partial charge < -0.3 is 4.90 Å². The van der Waals surface area contributed by atoms with E-state index in [0.29, 0.717) is 30.1 Å². The Bertz CT molecular complexity index is 1270. The van der Waals surface area contributed by atoms with Crippen LogP contribution in [0.4, 0.5) is 0 Å². The second-order valence-corrected chi connectivity index (χ2v) is 12.3. The molecule has 3 aliphatic carbocycles. The maximum atomic E-state index is 13.6. The summed E-state index contributed by atoms with van der Waals surface area (Å²) in [5, 5.41) is 0. The summed E-state index contributed by atoms with van der Waals surface area (Å²) in [5.74, 6) is -1.27. The van der Waals surface area contributed by atoms with E-state index in [4.69, 9.17) is 0 Å². The molecule has 1 aromatic carbocycles. The molecule has 5 rings (SSSR count). The van der Waals surface area contributed by atoms with Crippen LogP contribution in [0.1, 0.15) is 54.6 Å². The Morgan fingerprint density at radius 1 is 1.06 bits per heavy atom. The van der Waals surface area contributed by atoms with Gasteiger partial charge in [-0.05, 0) is 50.8 Å². The van der Waals surface area contributed by atoms with Crippen molar-refractivity contribution in [3.05, 3.63) is 59.4 Å². The zero-order chi connectivity index (χ0) is 24.2. The third kappa shape index (κ3) is 3.69. The minimum atomic E-state index is -3.72. The topological polar surface area (TPSA) is 76.5 Å². The fourth-order valence-electron chi connectivity index (χ4n) is 6.24. The van der Waals surface area contributed by atoms with E-state index in [0.717, 1.165) is 24.8 Å². The molecule has 0 amide bonds. The van der Waals surface area contributed by atoms with Gasteiger partial charge in [-0.25, -0.2) is 12.4 Å². The van der Waals surface area contributed by atoms with Crippen molar-refractivity contribution in [3.63, 3.8) is 0 Å². The van der Waals surface area contributed by atoms with Crippen molar-refractivity contribution in [2.24, 2.45) is 17.8 Å². The zero-order valence-corrected chi connectivity index (χ0v) is 20.8. The van der Waals surface area contributed by atoms with Crippen molar-refractivity contribution in [2.75, 3.05) is 26.4 Å². The molecular weight excluding hydrogens is 448 g/mol. The van der Waals surface area contributed by atoms with Gasteiger partial charge in [0.2, 0.25) is 21.6 Å². The first kappa shape index (κ1) is 23.2. The van der Waals surface area contributed by atoms with Crippen LogP contribution in [0, 0.1) is 17.8 Å². The number of carbonyl (C=O) groups is 2. The standard InChI is InChI=1S/C27H32N2O4S/c1-17-8-7-11-20-19(17)12-13-21-23(20)26(30)27(31)24-22(18-9-5-4-6-10-18)16-29(25(21)24)34(32,33)15-14-28(2)3/h4-6,9-10,12,16-17,20-21,23H,7-8,11,13-15H2,1-3H3. The summed E-state index contributed by atoms with van der Waals surface area (Å²) in [7, 11) is -0.0462. The van der Waals surface area contributed by atoms with Crippen LogP contribution in [0.5, 0.6) is 0 Å². The molecule has 1 aromatic heterocycles. The summed E-state index contributed by atoms with van der Waals surface area (Å²) in [6.07, 6.45) is 7.41. The number of aromatic nitrogens is 1. The summed E-state index contributed by atoms with van der Waals surface area (Å²) in [6.45, 7) is 2.57. The van der Waals surface area contributed by atoms with E-state index in [2.05, 4.69) is 13.0 Å². The normalized spacial score (nSPS) is 26.6. The number of carbonyl (C=O) groups excluding carboxylic acids is 2. The summed E-state index contributed by atoms with van der Waals surface area (Å²) < 4.78 is 28.5. The predicted octanol–water partition coefficient (Wildman–Crippen LogP) is 4.13. The molecule has 1 heterocycles. The average Bonchev–Trinajstić information content (AvgIpc) is 3.23. The molecule has 1 saturated carbocycles. The summed E-state index contributed by atoms with van der Waals surface area (Å²) in [5.41, 5.74) is 3.37. The molecule has 0 spiro atoms. The Hall–Kier alpha value is -2.51. The minimum absolute atomic E-state index is 0.0279. The lowest BCUT2D eigenvalue weighted by Crippen LogP contribution is -2.44. The van der Waals surface area contributed by atoms with Gasteiger partial charge in [-0.1, -0.05) is 55.3 Å². The molecule has 3 aliphatic rings. The lowest BCUT2D eigenvalue weighted by atomic mass is 9.59. The fraction of sp³-hybridized carbons (Fsp3) is 0.481. The first-order valence-corrected chi connectivity index (χ1v) is 13.8. The number of hydrogen-bond donors (Lipinski definition) is 0. The van der Waals surface area contributed by atoms with E-state index < -0.39 is 21.7 Å². The number of ketones is 2. The van der Waals surface area contributed by atoms with E-state index >= 15 is 0 Å². The van der Waals surface area contributed by atoms with E-state index in [1.165, 1.54) is 9.55 Å². The number of fused-ring (bicyclic) bond motifs is 5. The van der Waals surface area contributed by atoms with Crippen molar-refractivity contribution in [3.8, 4) is 11.1 Å². The van der Waals surface area contributed by atoms with Crippen LogP contribution in [0.2, 0.25) is 0 Å². The Balaban J connectivity index is 1.72. The number of nitrogens with zero attached hydrogens (tertiary/aromatic N) is 2. The molecule has 0 radical (unpaired) electrons. The SMILES string of the molecule is CC1CCCC2C1=CCC1c3c(c(-c4ccccc4)cn3S(=O)(=O)CCN(C)C)C(=O)C(=O)C21. The third-order valence-corrected chi connectivity index (χ3v) is 9.52. The maximum Gasteiger partial charge on any atom is 0.239 e. The number of hydrogen-bond acceptors (Lipinski definition) is 5. The van der Waals surface area contributed by atoms with Gasteiger partial charge in [0.15, 0.2) is 0 Å². The highest BCUT2D eigenvalue weighted by Gasteiger charge is 2.51. The van der Waals surface area contributed by atoms with Gasteiger partial charge in [-0.15, -0.1) is 0 Å². The van der Waals surface area contributed by atoms with Crippen LogP contribution in [-0.4, -0.2) is 55.2 Å². The maximum absolute atomic E-state index is 13.6. The van der Waals surface area contributed by atoms with Gasteiger partial charge in [0.25, 0.3) is 0 Å². The van der Waals surface area contributed by atoms with Crippen molar-refractivity contribution in [1.82, 2.24) is 8.87 Å². The summed E-state index contributed by atoms with van der Waals surface area (Å²) >= 11 is 0. The van der Waals surface area contributed by atoms with Crippen LogP contribution in [0.15, 0.2) is 48.2 Å². The first-order valence-electron chi connectivity index (χ1n) is 12.2. The highest BCUT2D eigenvalue weighted by molar-refractivity contribution is 7.89. The number of allylic oxidation sites excluding steroid dienone is 2. The summed E-state index contributed by atoms with van der Waals surface area (Å²) in [4.78, 5) is 29.1. The fourth-order valence-corrected chi connectivity index (χ4v) is 7.83. The number of rotatable bonds is 5. The van der Waals surface area contributed by atoms with Crippen molar-refractivity contribution in [2.45, 2.75) is 38.5 Å². The molecule has 0 saturated heterocycles. The van der Waals surface area contributed by atoms with Gasteiger partial charge in [0.1, 0.15) is 0 Å². The largest absolute Gasteiger partial charge is 0.308 e. The van der Waals surface area contributed by atoms with Crippen LogP contribution >= 0.6 is 0 Å². The van der Waals surface area contributed by atoms with Gasteiger partial charge in [0, 0.05) is 35.8 Å². The van der Waals surface area contributed by atoms with Crippen LogP contribution in [-0.2, 0) is 14.8 Å². The summed E-state index contributed by atoms with van der Waals surface area (Å²) in [6, 6.07) is 9.31. The lowest BCUT2D eigenvalue weighted by molar-refractivity contribution is -0.121. The van der Waals surface area contributed by atoms with Gasteiger partial charge >= 0.3 is 0 Å². The van der Waals surface area contributed by atoms with E-state index in [9.17, 15) is 18.0 Å². The Morgan fingerprint density at radius 3 is 2.50 bits per heavy atom. The Labute approximate surface area is 201 Å². The predicted molar refractivity (Wildman–Crippen MR) is 132 cm³/mol. The van der Waals surface area contributed by atoms with Crippen LogP contribution in [0.3, 0.4) is 0 Å². The van der Waals surface area contributed by atoms with E-state index in [1.807, 2.05) is 49.3 Å².